The van der Waals surface area contributed by atoms with E-state index in [0.29, 0.717) is 13.0 Å². The molecule has 2 atom stereocenters. The third-order valence-corrected chi connectivity index (χ3v) is 4.74. The molecule has 1 saturated carbocycles. The predicted octanol–water partition coefficient (Wildman–Crippen LogP) is 1.35. The lowest BCUT2D eigenvalue weighted by Gasteiger charge is -2.15. The number of aromatic nitrogens is 1. The Balaban J connectivity index is 1.51. The van der Waals surface area contributed by atoms with Crippen molar-refractivity contribution < 1.29 is 9.59 Å². The summed E-state index contributed by atoms with van der Waals surface area (Å²) in [5.41, 5.74) is 1.07. The van der Waals surface area contributed by atoms with Gasteiger partial charge in [0.15, 0.2) is 0 Å². The lowest BCUT2D eigenvalue weighted by atomic mass is 10.0. The molecule has 3 rings (SSSR count). The summed E-state index contributed by atoms with van der Waals surface area (Å²) >= 11 is 0. The van der Waals surface area contributed by atoms with Crippen LogP contribution in [-0.2, 0) is 16.1 Å². The summed E-state index contributed by atoms with van der Waals surface area (Å²) in [6.45, 7) is 3.97. The van der Waals surface area contributed by atoms with Crippen molar-refractivity contribution >= 4 is 11.8 Å². The van der Waals surface area contributed by atoms with Gasteiger partial charge in [0.2, 0.25) is 11.8 Å². The monoisotopic (exact) mass is 287 g/mol. The van der Waals surface area contributed by atoms with Crippen LogP contribution >= 0.6 is 0 Å². The van der Waals surface area contributed by atoms with Gasteiger partial charge in [0.05, 0.1) is 0 Å². The number of nitrogens with one attached hydrogen (secondary N) is 1. The first-order valence-corrected chi connectivity index (χ1v) is 7.59. The maximum Gasteiger partial charge on any atom is 0.224 e. The highest BCUT2D eigenvalue weighted by molar-refractivity contribution is 5.83. The average Bonchev–Trinajstić information content (AvgIpc) is 3.05. The Morgan fingerprint density at radius 1 is 1.52 bits per heavy atom. The Morgan fingerprint density at radius 2 is 2.38 bits per heavy atom. The Kier molecular flexibility index (Phi) is 3.66. The van der Waals surface area contributed by atoms with E-state index in [-0.39, 0.29) is 23.1 Å². The van der Waals surface area contributed by atoms with Gasteiger partial charge in [-0.3, -0.25) is 14.6 Å². The topological polar surface area (TPSA) is 62.3 Å². The number of likely N-dealkylation sites (tertiary alicyclic amines) is 1. The van der Waals surface area contributed by atoms with E-state index >= 15 is 0 Å². The minimum atomic E-state index is 0.0594. The molecule has 0 aromatic carbocycles. The van der Waals surface area contributed by atoms with Gasteiger partial charge in [0.1, 0.15) is 0 Å². The fraction of sp³-hybridized carbons (Fsp3) is 0.562. The summed E-state index contributed by atoms with van der Waals surface area (Å²) in [5, 5.41) is 2.99. The van der Waals surface area contributed by atoms with E-state index in [2.05, 4.69) is 10.3 Å². The molecule has 1 saturated heterocycles. The number of nitrogens with zero attached hydrogens (tertiary/aromatic N) is 2. The minimum absolute atomic E-state index is 0.0594. The summed E-state index contributed by atoms with van der Waals surface area (Å²) in [6.07, 6.45) is 5.91. The summed E-state index contributed by atoms with van der Waals surface area (Å²) in [4.78, 5) is 29.9. The van der Waals surface area contributed by atoms with Crippen molar-refractivity contribution in [3.05, 3.63) is 30.1 Å². The smallest absolute Gasteiger partial charge is 0.224 e. The highest BCUT2D eigenvalue weighted by Gasteiger charge is 2.61. The van der Waals surface area contributed by atoms with Crippen LogP contribution in [0, 0.1) is 11.3 Å². The fourth-order valence-corrected chi connectivity index (χ4v) is 3.32. The molecule has 1 N–H and O–H groups in total. The summed E-state index contributed by atoms with van der Waals surface area (Å²) < 4.78 is 0. The van der Waals surface area contributed by atoms with E-state index in [1.165, 1.54) is 0 Å². The lowest BCUT2D eigenvalue weighted by molar-refractivity contribution is -0.130. The number of carbonyl (C=O) groups excluding carboxylic acids is 2. The van der Waals surface area contributed by atoms with Gasteiger partial charge in [-0.25, -0.2) is 0 Å². The largest absolute Gasteiger partial charge is 0.352 e. The SMILES string of the molecule is CCC(=O)N1CC[C@]2(C[C@H]2C(=O)NCc2cccnc2)C1. The molecule has 1 spiro atoms. The summed E-state index contributed by atoms with van der Waals surface area (Å²) in [6, 6.07) is 3.82. The molecule has 112 valence electrons. The van der Waals surface area contributed by atoms with Gasteiger partial charge in [-0.05, 0) is 24.5 Å². The lowest BCUT2D eigenvalue weighted by Crippen LogP contribution is -2.30. The van der Waals surface area contributed by atoms with Gasteiger partial charge < -0.3 is 10.2 Å². The molecule has 2 aliphatic rings. The Labute approximate surface area is 124 Å². The van der Waals surface area contributed by atoms with Crippen LogP contribution < -0.4 is 5.32 Å². The number of rotatable bonds is 4. The number of amides is 2. The summed E-state index contributed by atoms with van der Waals surface area (Å²) in [5.74, 6) is 0.391. The molecule has 0 unspecified atom stereocenters. The van der Waals surface area contributed by atoms with Gasteiger partial charge in [0, 0.05) is 49.8 Å². The van der Waals surface area contributed by atoms with Crippen molar-refractivity contribution in [3.8, 4) is 0 Å². The molecule has 1 aliphatic heterocycles. The molecule has 2 heterocycles. The van der Waals surface area contributed by atoms with E-state index in [1.54, 1.807) is 12.4 Å². The second-order valence-corrected chi connectivity index (χ2v) is 6.12. The fourth-order valence-electron chi connectivity index (χ4n) is 3.32. The van der Waals surface area contributed by atoms with Crippen molar-refractivity contribution in [2.45, 2.75) is 32.7 Å². The molecule has 0 bridgehead atoms. The van der Waals surface area contributed by atoms with Crippen LogP contribution in [0.2, 0.25) is 0 Å². The van der Waals surface area contributed by atoms with E-state index < -0.39 is 0 Å². The van der Waals surface area contributed by atoms with Crippen LogP contribution in [0.25, 0.3) is 0 Å². The highest BCUT2D eigenvalue weighted by atomic mass is 16.2. The van der Waals surface area contributed by atoms with E-state index in [1.807, 2.05) is 24.0 Å². The Morgan fingerprint density at radius 3 is 3.10 bits per heavy atom. The van der Waals surface area contributed by atoms with E-state index in [0.717, 1.165) is 31.5 Å². The zero-order valence-corrected chi connectivity index (χ0v) is 12.3. The first-order chi connectivity index (χ1) is 10.1. The normalized spacial score (nSPS) is 26.9. The van der Waals surface area contributed by atoms with Crippen LogP contribution in [0.4, 0.5) is 0 Å². The second kappa shape index (κ2) is 5.47. The zero-order valence-electron chi connectivity index (χ0n) is 12.3. The molecule has 0 radical (unpaired) electrons. The second-order valence-electron chi connectivity index (χ2n) is 6.12. The van der Waals surface area contributed by atoms with Crippen LogP contribution in [0.1, 0.15) is 31.7 Å². The molecule has 21 heavy (non-hydrogen) atoms. The first-order valence-electron chi connectivity index (χ1n) is 7.59. The molecule has 5 nitrogen and oxygen atoms in total. The molecule has 5 heteroatoms. The number of hydrogen-bond acceptors (Lipinski definition) is 3. The van der Waals surface area contributed by atoms with Crippen molar-refractivity contribution in [3.63, 3.8) is 0 Å². The van der Waals surface area contributed by atoms with E-state index in [4.69, 9.17) is 0 Å². The van der Waals surface area contributed by atoms with Gasteiger partial charge in [-0.2, -0.15) is 0 Å². The highest BCUT2D eigenvalue weighted by Crippen LogP contribution is 2.58. The van der Waals surface area contributed by atoms with Crippen LogP contribution in [0.5, 0.6) is 0 Å². The van der Waals surface area contributed by atoms with Gasteiger partial charge in [-0.15, -0.1) is 0 Å². The molecule has 1 aliphatic carbocycles. The van der Waals surface area contributed by atoms with Crippen molar-refractivity contribution in [2.75, 3.05) is 13.1 Å². The first kappa shape index (κ1) is 14.0. The number of pyridine rings is 1. The third kappa shape index (κ3) is 2.77. The van der Waals surface area contributed by atoms with Crippen molar-refractivity contribution in [1.82, 2.24) is 15.2 Å². The molecule has 2 amide bonds. The molecule has 2 fully saturated rings. The van der Waals surface area contributed by atoms with Gasteiger partial charge >= 0.3 is 0 Å². The third-order valence-electron chi connectivity index (χ3n) is 4.74. The zero-order chi connectivity index (χ0) is 14.9. The van der Waals surface area contributed by atoms with Crippen LogP contribution in [0.15, 0.2) is 24.5 Å². The predicted molar refractivity (Wildman–Crippen MR) is 78.1 cm³/mol. The van der Waals surface area contributed by atoms with Crippen molar-refractivity contribution in [2.24, 2.45) is 11.3 Å². The standard InChI is InChI=1S/C16H21N3O2/c1-2-14(20)19-7-5-16(11-19)8-13(16)15(21)18-10-12-4-3-6-17-9-12/h3-4,6,9,13H,2,5,7-8,10-11H2,1H3,(H,18,21)/t13-,16-/m0/s1. The molecular weight excluding hydrogens is 266 g/mol. The minimum Gasteiger partial charge on any atom is -0.352 e. The van der Waals surface area contributed by atoms with Crippen LogP contribution in [0.3, 0.4) is 0 Å². The maximum atomic E-state index is 12.3. The molecule has 1 aromatic rings. The van der Waals surface area contributed by atoms with E-state index in [9.17, 15) is 9.59 Å². The summed E-state index contributed by atoms with van der Waals surface area (Å²) in [7, 11) is 0. The van der Waals surface area contributed by atoms with Crippen LogP contribution in [-0.4, -0.2) is 34.8 Å². The molecule has 1 aromatic heterocycles. The number of hydrogen-bond donors (Lipinski definition) is 1. The van der Waals surface area contributed by atoms with Crippen molar-refractivity contribution in [1.29, 1.82) is 0 Å². The Bertz CT molecular complexity index is 546. The number of carbonyl (C=O) groups is 2. The maximum absolute atomic E-state index is 12.3. The van der Waals surface area contributed by atoms with Gasteiger partial charge in [0.25, 0.3) is 0 Å². The molecular formula is C16H21N3O2. The quantitative estimate of drug-likeness (QED) is 0.909. The average molecular weight is 287 g/mol. The van der Waals surface area contributed by atoms with Gasteiger partial charge in [-0.1, -0.05) is 13.0 Å². The Hall–Kier alpha value is -1.91.